The maximum Gasteiger partial charge on any atom is 0.209 e. The summed E-state index contributed by atoms with van der Waals surface area (Å²) in [6.45, 7) is 6.74. The standard InChI is InChI=1S/C13H22N2O2/c1-4-9-15-11(7-8-14-15)13(17)12(16)10(5-2)6-3/h7-8,10,12,16H,4-6,9H2,1-3H3. The highest BCUT2D eigenvalue weighted by atomic mass is 16.3. The van der Waals surface area contributed by atoms with Crippen LogP contribution >= 0.6 is 0 Å². The number of rotatable bonds is 7. The van der Waals surface area contributed by atoms with E-state index < -0.39 is 6.10 Å². The SMILES string of the molecule is CCCn1nccc1C(=O)C(O)C(CC)CC. The van der Waals surface area contributed by atoms with Gasteiger partial charge in [-0.3, -0.25) is 9.48 Å². The van der Waals surface area contributed by atoms with Gasteiger partial charge in [0.1, 0.15) is 11.8 Å². The van der Waals surface area contributed by atoms with Gasteiger partial charge >= 0.3 is 0 Å². The maximum atomic E-state index is 12.1. The van der Waals surface area contributed by atoms with E-state index in [1.165, 1.54) is 0 Å². The first-order valence-corrected chi connectivity index (χ1v) is 6.39. The van der Waals surface area contributed by atoms with Crippen molar-refractivity contribution in [2.45, 2.75) is 52.7 Å². The number of hydrogen-bond donors (Lipinski definition) is 1. The Hall–Kier alpha value is -1.16. The molecule has 0 radical (unpaired) electrons. The molecule has 0 aromatic carbocycles. The van der Waals surface area contributed by atoms with E-state index in [4.69, 9.17) is 0 Å². The van der Waals surface area contributed by atoms with Crippen molar-refractivity contribution in [2.24, 2.45) is 5.92 Å². The van der Waals surface area contributed by atoms with Crippen molar-refractivity contribution in [1.82, 2.24) is 9.78 Å². The summed E-state index contributed by atoms with van der Waals surface area (Å²) < 4.78 is 1.67. The van der Waals surface area contributed by atoms with Gasteiger partial charge < -0.3 is 5.11 Å². The third-order valence-corrected chi connectivity index (χ3v) is 3.17. The third kappa shape index (κ3) is 3.16. The molecule has 96 valence electrons. The molecule has 0 bridgehead atoms. The molecule has 1 heterocycles. The molecule has 17 heavy (non-hydrogen) atoms. The van der Waals surface area contributed by atoms with Crippen LogP contribution in [0.4, 0.5) is 0 Å². The van der Waals surface area contributed by atoms with Crippen molar-refractivity contribution < 1.29 is 9.90 Å². The van der Waals surface area contributed by atoms with Crippen LogP contribution in [0, 0.1) is 5.92 Å². The quantitative estimate of drug-likeness (QED) is 0.741. The normalized spacial score (nSPS) is 13.0. The molecule has 0 saturated carbocycles. The lowest BCUT2D eigenvalue weighted by Gasteiger charge is -2.19. The number of nitrogens with zero attached hydrogens (tertiary/aromatic N) is 2. The molecule has 0 aliphatic carbocycles. The number of carbonyl (C=O) groups excluding carboxylic acids is 1. The lowest BCUT2D eigenvalue weighted by atomic mass is 9.92. The zero-order valence-electron chi connectivity index (χ0n) is 10.9. The monoisotopic (exact) mass is 238 g/mol. The Balaban J connectivity index is 2.84. The molecule has 0 fully saturated rings. The largest absolute Gasteiger partial charge is 0.385 e. The second-order valence-electron chi connectivity index (χ2n) is 4.33. The van der Waals surface area contributed by atoms with Crippen LogP contribution in [0.15, 0.2) is 12.3 Å². The predicted molar refractivity (Wildman–Crippen MR) is 66.9 cm³/mol. The summed E-state index contributed by atoms with van der Waals surface area (Å²) in [6.07, 6.45) is 3.25. The summed E-state index contributed by atoms with van der Waals surface area (Å²) in [4.78, 5) is 12.1. The fraction of sp³-hybridized carbons (Fsp3) is 0.692. The van der Waals surface area contributed by atoms with E-state index in [1.807, 2.05) is 20.8 Å². The van der Waals surface area contributed by atoms with Crippen LogP contribution < -0.4 is 0 Å². The molecule has 0 aliphatic rings. The zero-order valence-corrected chi connectivity index (χ0v) is 10.9. The fourth-order valence-electron chi connectivity index (χ4n) is 2.03. The van der Waals surface area contributed by atoms with Gasteiger partial charge in [-0.2, -0.15) is 5.10 Å². The number of aliphatic hydroxyl groups excluding tert-OH is 1. The first-order valence-electron chi connectivity index (χ1n) is 6.39. The summed E-state index contributed by atoms with van der Waals surface area (Å²) in [5.74, 6) is -0.169. The van der Waals surface area contributed by atoms with Crippen LogP contribution in [0.2, 0.25) is 0 Å². The molecule has 0 amide bonds. The minimum absolute atomic E-state index is 0.0347. The van der Waals surface area contributed by atoms with Crippen LogP contribution in [-0.2, 0) is 6.54 Å². The van der Waals surface area contributed by atoms with Gasteiger partial charge in [-0.25, -0.2) is 0 Å². The molecule has 0 saturated heterocycles. The van der Waals surface area contributed by atoms with Gasteiger partial charge in [-0.1, -0.05) is 33.6 Å². The van der Waals surface area contributed by atoms with Crippen LogP contribution in [0.1, 0.15) is 50.5 Å². The van der Waals surface area contributed by atoms with E-state index in [0.29, 0.717) is 12.2 Å². The summed E-state index contributed by atoms with van der Waals surface area (Å²) in [6, 6.07) is 1.68. The number of Topliss-reactive ketones (excluding diaryl/α,β-unsaturated/α-hetero) is 1. The number of aromatic nitrogens is 2. The predicted octanol–water partition coefficient (Wildman–Crippen LogP) is 2.27. The van der Waals surface area contributed by atoms with E-state index >= 15 is 0 Å². The maximum absolute atomic E-state index is 12.1. The van der Waals surface area contributed by atoms with Gasteiger partial charge in [0.05, 0.1) is 0 Å². The molecular weight excluding hydrogens is 216 g/mol. The van der Waals surface area contributed by atoms with E-state index in [0.717, 1.165) is 19.3 Å². The highest BCUT2D eigenvalue weighted by Crippen LogP contribution is 2.17. The number of hydrogen-bond acceptors (Lipinski definition) is 3. The molecule has 1 aromatic heterocycles. The minimum atomic E-state index is -0.905. The molecule has 1 N–H and O–H groups in total. The third-order valence-electron chi connectivity index (χ3n) is 3.17. The Morgan fingerprint density at radius 2 is 2.06 bits per heavy atom. The Morgan fingerprint density at radius 3 is 2.59 bits per heavy atom. The number of ketones is 1. The summed E-state index contributed by atoms with van der Waals surface area (Å²) in [7, 11) is 0. The van der Waals surface area contributed by atoms with Gasteiger partial charge in [-0.15, -0.1) is 0 Å². The first-order chi connectivity index (χ1) is 8.15. The molecule has 1 aromatic rings. The van der Waals surface area contributed by atoms with E-state index in [9.17, 15) is 9.90 Å². The highest BCUT2D eigenvalue weighted by molar-refractivity contribution is 5.98. The van der Waals surface area contributed by atoms with Crippen molar-refractivity contribution in [3.05, 3.63) is 18.0 Å². The van der Waals surface area contributed by atoms with Crippen molar-refractivity contribution in [3.63, 3.8) is 0 Å². The molecule has 0 spiro atoms. The number of aliphatic hydroxyl groups is 1. The lowest BCUT2D eigenvalue weighted by Crippen LogP contribution is -2.30. The van der Waals surface area contributed by atoms with Gasteiger partial charge in [0.25, 0.3) is 0 Å². The summed E-state index contributed by atoms with van der Waals surface area (Å²) in [5.41, 5.74) is 0.520. The average molecular weight is 238 g/mol. The lowest BCUT2D eigenvalue weighted by molar-refractivity contribution is 0.0576. The number of aryl methyl sites for hydroxylation is 1. The highest BCUT2D eigenvalue weighted by Gasteiger charge is 2.26. The minimum Gasteiger partial charge on any atom is -0.385 e. The second-order valence-corrected chi connectivity index (χ2v) is 4.33. The van der Waals surface area contributed by atoms with Crippen LogP contribution in [0.5, 0.6) is 0 Å². The fourth-order valence-corrected chi connectivity index (χ4v) is 2.03. The summed E-state index contributed by atoms with van der Waals surface area (Å²) >= 11 is 0. The molecule has 4 heteroatoms. The molecule has 4 nitrogen and oxygen atoms in total. The first kappa shape index (κ1) is 13.9. The average Bonchev–Trinajstić information content (AvgIpc) is 2.78. The molecule has 1 rings (SSSR count). The second kappa shape index (κ2) is 6.55. The smallest absolute Gasteiger partial charge is 0.209 e. The van der Waals surface area contributed by atoms with Gasteiger partial charge in [0.15, 0.2) is 0 Å². The molecule has 1 unspecified atom stereocenters. The van der Waals surface area contributed by atoms with Gasteiger partial charge in [-0.05, 0) is 18.4 Å². The van der Waals surface area contributed by atoms with Crippen LogP contribution in [0.3, 0.4) is 0 Å². The van der Waals surface area contributed by atoms with Gasteiger partial charge in [0, 0.05) is 12.7 Å². The van der Waals surface area contributed by atoms with Crippen LogP contribution in [0.25, 0.3) is 0 Å². The molecule has 1 atom stereocenters. The van der Waals surface area contributed by atoms with Crippen molar-refractivity contribution >= 4 is 5.78 Å². The molecular formula is C13H22N2O2. The van der Waals surface area contributed by atoms with Crippen molar-refractivity contribution in [3.8, 4) is 0 Å². The van der Waals surface area contributed by atoms with E-state index in [2.05, 4.69) is 5.10 Å². The Kier molecular flexibility index (Phi) is 5.35. The summed E-state index contributed by atoms with van der Waals surface area (Å²) in [5, 5.41) is 14.2. The number of carbonyl (C=O) groups is 1. The Morgan fingerprint density at radius 1 is 1.41 bits per heavy atom. The Bertz CT molecular complexity index is 356. The Labute approximate surface area is 103 Å². The van der Waals surface area contributed by atoms with E-state index in [1.54, 1.807) is 16.9 Å². The van der Waals surface area contributed by atoms with Gasteiger partial charge in [0.2, 0.25) is 5.78 Å². The molecule has 0 aliphatic heterocycles. The van der Waals surface area contributed by atoms with E-state index in [-0.39, 0.29) is 11.7 Å². The topological polar surface area (TPSA) is 55.1 Å². The van der Waals surface area contributed by atoms with Crippen molar-refractivity contribution in [1.29, 1.82) is 0 Å². The van der Waals surface area contributed by atoms with Crippen molar-refractivity contribution in [2.75, 3.05) is 0 Å². The zero-order chi connectivity index (χ0) is 12.8. The van der Waals surface area contributed by atoms with Crippen LogP contribution in [-0.4, -0.2) is 26.8 Å².